The summed E-state index contributed by atoms with van der Waals surface area (Å²) in [5.41, 5.74) is 1.09. The molecule has 0 spiro atoms. The Morgan fingerprint density at radius 2 is 1.78 bits per heavy atom. The summed E-state index contributed by atoms with van der Waals surface area (Å²) in [6.07, 6.45) is 3.52. The van der Waals surface area contributed by atoms with Gasteiger partial charge in [-0.15, -0.1) is 0 Å². The van der Waals surface area contributed by atoms with Crippen LogP contribution in [0.1, 0.15) is 31.7 Å². The number of nitrogens with one attached hydrogen (secondary N) is 1. The van der Waals surface area contributed by atoms with Gasteiger partial charge in [-0.05, 0) is 56.6 Å². The highest BCUT2D eigenvalue weighted by atomic mass is 35.5. The van der Waals surface area contributed by atoms with Crippen LogP contribution >= 0.6 is 11.6 Å². The molecule has 1 rings (SSSR count). The van der Waals surface area contributed by atoms with Gasteiger partial charge in [0.05, 0.1) is 6.61 Å². The van der Waals surface area contributed by atoms with Gasteiger partial charge in [0.15, 0.2) is 0 Å². The number of ether oxygens (including phenoxy) is 1. The van der Waals surface area contributed by atoms with Gasteiger partial charge in [-0.25, -0.2) is 9.59 Å². The van der Waals surface area contributed by atoms with E-state index in [1.807, 2.05) is 25.1 Å². The maximum Gasteiger partial charge on any atom is 0.414 e. The summed E-state index contributed by atoms with van der Waals surface area (Å²) < 4.78 is 5.70. The molecule has 0 bridgehead atoms. The monoisotopic (exact) mass is 345 g/mol. The molecule has 0 heterocycles. The van der Waals surface area contributed by atoms with Gasteiger partial charge in [-0.1, -0.05) is 24.9 Å². The van der Waals surface area contributed by atoms with E-state index in [9.17, 15) is 0 Å². The average molecular weight is 346 g/mol. The first-order valence-electron chi connectivity index (χ1n) is 7.44. The number of unbranched alkanes of at least 4 members (excludes halogenated alkanes) is 1. The lowest BCUT2D eigenvalue weighted by Crippen LogP contribution is -2.18. The van der Waals surface area contributed by atoms with Crippen molar-refractivity contribution in [1.82, 2.24) is 5.32 Å². The molecule has 0 saturated heterocycles. The largest absolute Gasteiger partial charge is 0.493 e. The highest BCUT2D eigenvalue weighted by Gasteiger charge is 2.04. The summed E-state index contributed by atoms with van der Waals surface area (Å²) >= 11 is 5.88. The summed E-state index contributed by atoms with van der Waals surface area (Å²) in [7, 11) is 0. The zero-order chi connectivity index (χ0) is 17.7. The first kappa shape index (κ1) is 21.2. The molecule has 0 saturated carbocycles. The molecule has 0 atom stereocenters. The summed E-state index contributed by atoms with van der Waals surface area (Å²) in [6, 6.07) is 5.72. The smallest absolute Gasteiger partial charge is 0.414 e. The molecule has 1 aromatic carbocycles. The second-order valence-electron chi connectivity index (χ2n) is 4.83. The van der Waals surface area contributed by atoms with E-state index in [1.165, 1.54) is 12.8 Å². The van der Waals surface area contributed by atoms with Crippen LogP contribution in [0.3, 0.4) is 0 Å². The minimum absolute atomic E-state index is 0.752. The van der Waals surface area contributed by atoms with E-state index in [0.717, 1.165) is 42.5 Å². The Hall–Kier alpha value is -1.79. The van der Waals surface area contributed by atoms with Crippen molar-refractivity contribution in [1.29, 1.82) is 0 Å². The molecule has 0 aromatic heterocycles. The lowest BCUT2D eigenvalue weighted by Gasteiger charge is -2.09. The van der Waals surface area contributed by atoms with Crippen LogP contribution in [0.5, 0.6) is 5.75 Å². The average Bonchev–Trinajstić information content (AvgIpc) is 2.48. The highest BCUT2D eigenvalue weighted by Crippen LogP contribution is 2.21. The van der Waals surface area contributed by atoms with E-state index in [1.54, 1.807) is 0 Å². The summed E-state index contributed by atoms with van der Waals surface area (Å²) in [6.45, 7) is 7.10. The topological polar surface area (TPSA) is 95.9 Å². The Bertz CT molecular complexity index is 481. The molecule has 0 radical (unpaired) electrons. The standard InChI is InChI=1S/C14H22ClNO.C2H2O4/c1-3-4-8-16-9-5-10-17-14-7-6-13(15)11-12(14)2;3-1(4)2(5)6/h6-7,11,16H,3-5,8-10H2,1-2H3;(H,3,4)(H,5,6). The number of carboxylic acids is 2. The molecule has 1 aromatic rings. The number of aryl methyl sites for hydroxylation is 1. The first-order valence-corrected chi connectivity index (χ1v) is 7.82. The zero-order valence-electron chi connectivity index (χ0n) is 13.5. The minimum atomic E-state index is -1.82. The van der Waals surface area contributed by atoms with Crippen molar-refractivity contribution in [3.05, 3.63) is 28.8 Å². The molecular formula is C16H24ClNO5. The first-order chi connectivity index (χ1) is 10.9. The van der Waals surface area contributed by atoms with Crippen LogP contribution in [0.2, 0.25) is 5.02 Å². The van der Waals surface area contributed by atoms with E-state index < -0.39 is 11.9 Å². The third-order valence-corrected chi connectivity index (χ3v) is 3.02. The van der Waals surface area contributed by atoms with E-state index in [2.05, 4.69) is 12.2 Å². The molecule has 0 aliphatic heterocycles. The van der Waals surface area contributed by atoms with Crippen molar-refractivity contribution in [2.24, 2.45) is 0 Å². The molecular weight excluding hydrogens is 322 g/mol. The van der Waals surface area contributed by atoms with Crippen LogP contribution in [0.25, 0.3) is 0 Å². The summed E-state index contributed by atoms with van der Waals surface area (Å²) in [4.78, 5) is 18.2. The van der Waals surface area contributed by atoms with Gasteiger partial charge < -0.3 is 20.3 Å². The van der Waals surface area contributed by atoms with Gasteiger partial charge in [0, 0.05) is 5.02 Å². The van der Waals surface area contributed by atoms with E-state index in [4.69, 9.17) is 36.1 Å². The maximum atomic E-state index is 9.10. The molecule has 3 N–H and O–H groups in total. The summed E-state index contributed by atoms with van der Waals surface area (Å²) in [5, 5.41) is 18.9. The Balaban J connectivity index is 0.000000688. The molecule has 0 amide bonds. The SMILES string of the molecule is CCCCNCCCOc1ccc(Cl)cc1C.O=C(O)C(=O)O. The van der Waals surface area contributed by atoms with Crippen molar-refractivity contribution in [3.8, 4) is 5.75 Å². The van der Waals surface area contributed by atoms with Gasteiger partial charge in [0.2, 0.25) is 0 Å². The molecule has 0 aliphatic rings. The lowest BCUT2D eigenvalue weighted by atomic mass is 10.2. The third kappa shape index (κ3) is 11.4. The fourth-order valence-corrected chi connectivity index (χ4v) is 1.81. The molecule has 0 aliphatic carbocycles. The Labute approximate surface area is 141 Å². The van der Waals surface area contributed by atoms with Crippen LogP contribution in [0, 0.1) is 6.92 Å². The van der Waals surface area contributed by atoms with Crippen molar-refractivity contribution in [2.75, 3.05) is 19.7 Å². The number of hydrogen-bond donors (Lipinski definition) is 3. The quantitative estimate of drug-likeness (QED) is 0.495. The van der Waals surface area contributed by atoms with E-state index >= 15 is 0 Å². The van der Waals surface area contributed by atoms with Gasteiger partial charge >= 0.3 is 11.9 Å². The molecule has 23 heavy (non-hydrogen) atoms. The predicted molar refractivity (Wildman–Crippen MR) is 89.4 cm³/mol. The van der Waals surface area contributed by atoms with E-state index in [-0.39, 0.29) is 0 Å². The van der Waals surface area contributed by atoms with Crippen molar-refractivity contribution in [3.63, 3.8) is 0 Å². The molecule has 0 fully saturated rings. The third-order valence-electron chi connectivity index (χ3n) is 2.78. The zero-order valence-corrected chi connectivity index (χ0v) is 14.2. The molecule has 130 valence electrons. The highest BCUT2D eigenvalue weighted by molar-refractivity contribution is 6.30. The van der Waals surface area contributed by atoms with Crippen LogP contribution in [-0.2, 0) is 9.59 Å². The van der Waals surface area contributed by atoms with Gasteiger partial charge in [-0.2, -0.15) is 0 Å². The fourth-order valence-electron chi connectivity index (χ4n) is 1.58. The molecule has 7 heteroatoms. The Kier molecular flexibility index (Phi) is 11.7. The lowest BCUT2D eigenvalue weighted by molar-refractivity contribution is -0.159. The molecule has 6 nitrogen and oxygen atoms in total. The number of hydrogen-bond acceptors (Lipinski definition) is 4. The second kappa shape index (κ2) is 12.7. The number of rotatable bonds is 8. The Morgan fingerprint density at radius 1 is 1.17 bits per heavy atom. The number of aliphatic carboxylic acids is 2. The predicted octanol–water partition coefficient (Wildman–Crippen LogP) is 2.96. The second-order valence-corrected chi connectivity index (χ2v) is 5.26. The van der Waals surface area contributed by atoms with Gasteiger partial charge in [0.25, 0.3) is 0 Å². The number of benzene rings is 1. The van der Waals surface area contributed by atoms with Gasteiger partial charge in [0.1, 0.15) is 5.75 Å². The van der Waals surface area contributed by atoms with Crippen molar-refractivity contribution >= 4 is 23.5 Å². The van der Waals surface area contributed by atoms with Crippen LogP contribution in [0.15, 0.2) is 18.2 Å². The van der Waals surface area contributed by atoms with Crippen molar-refractivity contribution in [2.45, 2.75) is 33.1 Å². The van der Waals surface area contributed by atoms with Gasteiger partial charge in [-0.3, -0.25) is 0 Å². The van der Waals surface area contributed by atoms with Crippen LogP contribution < -0.4 is 10.1 Å². The summed E-state index contributed by atoms with van der Waals surface area (Å²) in [5.74, 6) is -2.71. The number of carbonyl (C=O) groups is 2. The fraction of sp³-hybridized carbons (Fsp3) is 0.500. The van der Waals surface area contributed by atoms with Crippen molar-refractivity contribution < 1.29 is 24.5 Å². The van der Waals surface area contributed by atoms with Crippen LogP contribution in [0.4, 0.5) is 0 Å². The Morgan fingerprint density at radius 3 is 2.30 bits per heavy atom. The normalized spacial score (nSPS) is 9.70. The van der Waals surface area contributed by atoms with E-state index in [0.29, 0.717) is 0 Å². The maximum absolute atomic E-state index is 9.10. The number of carboxylic acid groups (broad SMARTS) is 2. The number of halogens is 1. The van der Waals surface area contributed by atoms with Crippen LogP contribution in [-0.4, -0.2) is 41.8 Å². The molecule has 0 unspecified atom stereocenters. The minimum Gasteiger partial charge on any atom is -0.493 e.